The molecule has 4 heteroatoms. The van der Waals surface area contributed by atoms with E-state index in [-0.39, 0.29) is 5.92 Å². The van der Waals surface area contributed by atoms with Gasteiger partial charge in [-0.25, -0.2) is 4.79 Å². The SMILES string of the molecule is O=C(O)OC(=O)C1CCCCCCCCC1. The van der Waals surface area contributed by atoms with Crippen molar-refractivity contribution in [3.05, 3.63) is 0 Å². The molecule has 1 aliphatic carbocycles. The molecule has 0 aromatic carbocycles. The molecule has 0 aliphatic heterocycles. The van der Waals surface area contributed by atoms with Crippen molar-refractivity contribution in [3.8, 4) is 0 Å². The normalized spacial score (nSPS) is 20.0. The minimum atomic E-state index is -1.48. The Kier molecular flexibility index (Phi) is 5.90. The van der Waals surface area contributed by atoms with Crippen LogP contribution in [-0.2, 0) is 9.53 Å². The highest BCUT2D eigenvalue weighted by atomic mass is 16.7. The number of hydrogen-bond donors (Lipinski definition) is 1. The Balaban J connectivity index is 2.40. The van der Waals surface area contributed by atoms with Gasteiger partial charge in [0.2, 0.25) is 0 Å². The van der Waals surface area contributed by atoms with E-state index >= 15 is 0 Å². The van der Waals surface area contributed by atoms with Gasteiger partial charge in [0, 0.05) is 0 Å². The van der Waals surface area contributed by atoms with E-state index in [1.807, 2.05) is 0 Å². The Morgan fingerprint density at radius 2 is 1.31 bits per heavy atom. The lowest BCUT2D eigenvalue weighted by Gasteiger charge is -2.15. The van der Waals surface area contributed by atoms with Gasteiger partial charge in [-0.05, 0) is 12.8 Å². The predicted octanol–water partition coefficient (Wildman–Crippen LogP) is 3.35. The Labute approximate surface area is 96.0 Å². The molecule has 0 unspecified atom stereocenters. The lowest BCUT2D eigenvalue weighted by atomic mass is 9.92. The third kappa shape index (κ3) is 5.14. The van der Waals surface area contributed by atoms with Crippen molar-refractivity contribution in [2.45, 2.75) is 57.8 Å². The summed E-state index contributed by atoms with van der Waals surface area (Å²) in [6, 6.07) is 0. The Hall–Kier alpha value is -1.06. The monoisotopic (exact) mass is 228 g/mol. The molecular formula is C12H20O4. The summed E-state index contributed by atoms with van der Waals surface area (Å²) in [6.45, 7) is 0. The summed E-state index contributed by atoms with van der Waals surface area (Å²) in [5.74, 6) is -0.776. The quantitative estimate of drug-likeness (QED) is 0.552. The lowest BCUT2D eigenvalue weighted by molar-refractivity contribution is -0.144. The lowest BCUT2D eigenvalue weighted by Crippen LogP contribution is -2.20. The highest BCUT2D eigenvalue weighted by Crippen LogP contribution is 2.22. The van der Waals surface area contributed by atoms with Crippen LogP contribution in [0.2, 0.25) is 0 Å². The number of carboxylic acid groups (broad SMARTS) is 1. The van der Waals surface area contributed by atoms with Crippen molar-refractivity contribution >= 4 is 12.1 Å². The van der Waals surface area contributed by atoms with Crippen LogP contribution in [0.1, 0.15) is 57.8 Å². The molecule has 1 N–H and O–H groups in total. The van der Waals surface area contributed by atoms with E-state index in [1.165, 1.54) is 19.3 Å². The highest BCUT2D eigenvalue weighted by Gasteiger charge is 2.22. The largest absolute Gasteiger partial charge is 0.513 e. The smallest absolute Gasteiger partial charge is 0.449 e. The molecule has 16 heavy (non-hydrogen) atoms. The second-order valence-electron chi connectivity index (χ2n) is 4.44. The van der Waals surface area contributed by atoms with Crippen LogP contribution < -0.4 is 0 Å². The first-order valence-corrected chi connectivity index (χ1v) is 6.15. The molecule has 0 heterocycles. The Morgan fingerprint density at radius 1 is 0.875 bits per heavy atom. The van der Waals surface area contributed by atoms with Gasteiger partial charge in [0.1, 0.15) is 0 Å². The summed E-state index contributed by atoms with van der Waals surface area (Å²) in [7, 11) is 0. The first-order chi connectivity index (χ1) is 7.70. The van der Waals surface area contributed by atoms with Crippen LogP contribution in [0.3, 0.4) is 0 Å². The van der Waals surface area contributed by atoms with E-state index < -0.39 is 12.1 Å². The zero-order chi connectivity index (χ0) is 11.8. The van der Waals surface area contributed by atoms with Crippen molar-refractivity contribution < 1.29 is 19.4 Å². The van der Waals surface area contributed by atoms with Gasteiger partial charge < -0.3 is 9.84 Å². The second kappa shape index (κ2) is 7.25. The summed E-state index contributed by atoms with van der Waals surface area (Å²) in [5, 5.41) is 8.40. The highest BCUT2D eigenvalue weighted by molar-refractivity contribution is 5.82. The van der Waals surface area contributed by atoms with Crippen molar-refractivity contribution in [3.63, 3.8) is 0 Å². The maximum Gasteiger partial charge on any atom is 0.513 e. The topological polar surface area (TPSA) is 63.6 Å². The molecule has 1 rings (SSSR count). The van der Waals surface area contributed by atoms with Crippen LogP contribution in [0.25, 0.3) is 0 Å². The van der Waals surface area contributed by atoms with Crippen molar-refractivity contribution in [1.82, 2.24) is 0 Å². The average Bonchev–Trinajstić information content (AvgIpc) is 2.24. The zero-order valence-corrected chi connectivity index (χ0v) is 9.61. The second-order valence-corrected chi connectivity index (χ2v) is 4.44. The molecule has 0 aromatic heterocycles. The maximum absolute atomic E-state index is 11.5. The number of carbonyl (C=O) groups excluding carboxylic acids is 1. The number of rotatable bonds is 1. The number of esters is 1. The number of ether oxygens (including phenoxy) is 1. The molecule has 0 atom stereocenters. The summed E-state index contributed by atoms with van der Waals surface area (Å²) in [4.78, 5) is 21.8. The van der Waals surface area contributed by atoms with E-state index in [4.69, 9.17) is 5.11 Å². The molecule has 0 amide bonds. The minimum Gasteiger partial charge on any atom is -0.449 e. The van der Waals surface area contributed by atoms with Crippen molar-refractivity contribution in [2.24, 2.45) is 5.92 Å². The fourth-order valence-electron chi connectivity index (χ4n) is 2.21. The molecular weight excluding hydrogens is 208 g/mol. The van der Waals surface area contributed by atoms with Gasteiger partial charge in [0.05, 0.1) is 5.92 Å². The predicted molar refractivity (Wildman–Crippen MR) is 59.2 cm³/mol. The zero-order valence-electron chi connectivity index (χ0n) is 9.61. The summed E-state index contributed by atoms with van der Waals surface area (Å²) in [6.07, 6.45) is 8.05. The fourth-order valence-corrected chi connectivity index (χ4v) is 2.21. The minimum absolute atomic E-state index is 0.214. The van der Waals surface area contributed by atoms with Crippen LogP contribution in [0.15, 0.2) is 0 Å². The molecule has 1 fully saturated rings. The number of hydrogen-bond acceptors (Lipinski definition) is 3. The summed E-state index contributed by atoms with van der Waals surface area (Å²) < 4.78 is 4.24. The van der Waals surface area contributed by atoms with Gasteiger partial charge in [-0.3, -0.25) is 4.79 Å². The average molecular weight is 228 g/mol. The third-order valence-corrected chi connectivity index (χ3v) is 3.13. The Morgan fingerprint density at radius 3 is 1.75 bits per heavy atom. The van der Waals surface area contributed by atoms with Crippen LogP contribution in [0.4, 0.5) is 4.79 Å². The van der Waals surface area contributed by atoms with E-state index in [0.717, 1.165) is 38.5 Å². The first-order valence-electron chi connectivity index (χ1n) is 6.15. The molecule has 92 valence electrons. The molecule has 0 spiro atoms. The first kappa shape index (κ1) is 13.0. The molecule has 1 saturated carbocycles. The van der Waals surface area contributed by atoms with Crippen LogP contribution >= 0.6 is 0 Å². The fraction of sp³-hybridized carbons (Fsp3) is 0.833. The van der Waals surface area contributed by atoms with E-state index in [2.05, 4.69) is 4.74 Å². The Bertz CT molecular complexity index is 227. The molecule has 0 bridgehead atoms. The van der Waals surface area contributed by atoms with E-state index in [0.29, 0.717) is 0 Å². The van der Waals surface area contributed by atoms with Crippen LogP contribution in [0.5, 0.6) is 0 Å². The van der Waals surface area contributed by atoms with Gasteiger partial charge in [-0.1, -0.05) is 44.9 Å². The number of carbonyl (C=O) groups is 2. The van der Waals surface area contributed by atoms with Gasteiger partial charge in [0.15, 0.2) is 0 Å². The molecule has 0 radical (unpaired) electrons. The summed E-state index contributed by atoms with van der Waals surface area (Å²) >= 11 is 0. The van der Waals surface area contributed by atoms with Crippen molar-refractivity contribution in [2.75, 3.05) is 0 Å². The molecule has 1 aliphatic rings. The van der Waals surface area contributed by atoms with Gasteiger partial charge in [-0.15, -0.1) is 0 Å². The van der Waals surface area contributed by atoms with Crippen LogP contribution in [0, 0.1) is 5.92 Å². The van der Waals surface area contributed by atoms with E-state index in [9.17, 15) is 9.59 Å². The maximum atomic E-state index is 11.5. The molecule has 0 saturated heterocycles. The molecule has 4 nitrogen and oxygen atoms in total. The standard InChI is InChI=1S/C12H20O4/c13-11(16-12(14)15)10-8-6-4-2-1-3-5-7-9-10/h10H,1-9H2,(H,14,15). The van der Waals surface area contributed by atoms with Gasteiger partial charge in [-0.2, -0.15) is 0 Å². The van der Waals surface area contributed by atoms with Crippen molar-refractivity contribution in [1.29, 1.82) is 0 Å². The van der Waals surface area contributed by atoms with Crippen LogP contribution in [-0.4, -0.2) is 17.2 Å². The van der Waals surface area contributed by atoms with Gasteiger partial charge in [0.25, 0.3) is 0 Å². The van der Waals surface area contributed by atoms with E-state index in [1.54, 1.807) is 0 Å². The third-order valence-electron chi connectivity index (χ3n) is 3.13. The summed E-state index contributed by atoms with van der Waals surface area (Å²) in [5.41, 5.74) is 0. The van der Waals surface area contributed by atoms with Gasteiger partial charge >= 0.3 is 12.1 Å². The molecule has 0 aromatic rings.